The molecule has 0 bridgehead atoms. The Morgan fingerprint density at radius 2 is 1.56 bits per heavy atom. The number of fused-ring (bicyclic) bond motifs is 1. The second-order valence-electron chi connectivity index (χ2n) is 5.54. The van der Waals surface area contributed by atoms with Gasteiger partial charge in [-0.2, -0.15) is 0 Å². The van der Waals surface area contributed by atoms with E-state index >= 15 is 0 Å². The summed E-state index contributed by atoms with van der Waals surface area (Å²) in [5, 5.41) is 0. The highest BCUT2D eigenvalue weighted by Gasteiger charge is 2.32. The fourth-order valence-electron chi connectivity index (χ4n) is 2.94. The molecule has 1 atom stereocenters. The van der Waals surface area contributed by atoms with E-state index in [2.05, 4.69) is 0 Å². The van der Waals surface area contributed by atoms with Gasteiger partial charge in [-0.15, -0.1) is 0 Å². The second-order valence-corrected chi connectivity index (χ2v) is 5.54. The largest absolute Gasteiger partial charge is 0.497 e. The summed E-state index contributed by atoms with van der Waals surface area (Å²) in [6.45, 7) is 0. The molecule has 1 heterocycles. The van der Waals surface area contributed by atoms with E-state index in [0.717, 1.165) is 5.56 Å². The lowest BCUT2D eigenvalue weighted by molar-refractivity contribution is 0.0841. The number of benzene rings is 2. The maximum atomic E-state index is 12.7. The summed E-state index contributed by atoms with van der Waals surface area (Å²) in [6.07, 6.45) is -0.268. The Morgan fingerprint density at radius 3 is 2.20 bits per heavy atom. The standard InChI is InChI=1S/C19H20O6/c1-21-11-5-6-13(15(7-11)23-3)16-10-14(20)19-17(24-4)8-12(22-2)9-18(19)25-16/h5-9,16H,10H2,1-4H3/t16-/m0/s1. The van der Waals surface area contributed by atoms with Gasteiger partial charge in [0.2, 0.25) is 0 Å². The molecule has 1 aliphatic rings. The van der Waals surface area contributed by atoms with Crippen LogP contribution >= 0.6 is 0 Å². The highest BCUT2D eigenvalue weighted by molar-refractivity contribution is 6.03. The third-order valence-corrected chi connectivity index (χ3v) is 4.20. The summed E-state index contributed by atoms with van der Waals surface area (Å²) >= 11 is 0. The molecule has 25 heavy (non-hydrogen) atoms. The van der Waals surface area contributed by atoms with Crippen molar-refractivity contribution in [3.8, 4) is 28.7 Å². The van der Waals surface area contributed by atoms with Gasteiger partial charge in [0.15, 0.2) is 5.78 Å². The minimum atomic E-state index is -0.460. The van der Waals surface area contributed by atoms with Crippen molar-refractivity contribution in [1.29, 1.82) is 0 Å². The topological polar surface area (TPSA) is 63.2 Å². The molecule has 0 N–H and O–H groups in total. The van der Waals surface area contributed by atoms with Crippen molar-refractivity contribution in [3.63, 3.8) is 0 Å². The van der Waals surface area contributed by atoms with Crippen LogP contribution in [0.15, 0.2) is 30.3 Å². The van der Waals surface area contributed by atoms with Crippen molar-refractivity contribution in [3.05, 3.63) is 41.5 Å². The van der Waals surface area contributed by atoms with Crippen LogP contribution < -0.4 is 23.7 Å². The van der Waals surface area contributed by atoms with Crippen LogP contribution in [0.2, 0.25) is 0 Å². The normalized spacial score (nSPS) is 15.8. The Bertz CT molecular complexity index is 799. The smallest absolute Gasteiger partial charge is 0.174 e. The number of carbonyl (C=O) groups excluding carboxylic acids is 1. The van der Waals surface area contributed by atoms with Gasteiger partial charge in [0.05, 0.1) is 34.9 Å². The van der Waals surface area contributed by atoms with Crippen LogP contribution in [-0.4, -0.2) is 34.2 Å². The number of carbonyl (C=O) groups is 1. The number of ether oxygens (including phenoxy) is 5. The molecule has 132 valence electrons. The monoisotopic (exact) mass is 344 g/mol. The lowest BCUT2D eigenvalue weighted by Crippen LogP contribution is -2.21. The molecule has 0 aromatic heterocycles. The van der Waals surface area contributed by atoms with E-state index < -0.39 is 6.10 Å². The van der Waals surface area contributed by atoms with Crippen LogP contribution in [0.4, 0.5) is 0 Å². The molecular weight excluding hydrogens is 324 g/mol. The molecule has 6 heteroatoms. The van der Waals surface area contributed by atoms with Crippen molar-refractivity contribution in [2.45, 2.75) is 12.5 Å². The summed E-state index contributed by atoms with van der Waals surface area (Å²) < 4.78 is 27.3. The Morgan fingerprint density at radius 1 is 0.880 bits per heavy atom. The molecule has 0 amide bonds. The summed E-state index contributed by atoms with van der Waals surface area (Å²) in [5.74, 6) is 2.67. The van der Waals surface area contributed by atoms with Crippen LogP contribution in [0.25, 0.3) is 0 Å². The van der Waals surface area contributed by atoms with Gasteiger partial charge in [-0.1, -0.05) is 0 Å². The third-order valence-electron chi connectivity index (χ3n) is 4.20. The van der Waals surface area contributed by atoms with Crippen LogP contribution in [-0.2, 0) is 0 Å². The number of hydrogen-bond donors (Lipinski definition) is 0. The van der Waals surface area contributed by atoms with Gasteiger partial charge in [-0.3, -0.25) is 4.79 Å². The van der Waals surface area contributed by atoms with E-state index in [9.17, 15) is 4.79 Å². The lowest BCUT2D eigenvalue weighted by Gasteiger charge is -2.28. The molecule has 2 aromatic carbocycles. The minimum absolute atomic E-state index is 0.0522. The van der Waals surface area contributed by atoms with Crippen LogP contribution in [0.3, 0.4) is 0 Å². The van der Waals surface area contributed by atoms with E-state index in [4.69, 9.17) is 23.7 Å². The van der Waals surface area contributed by atoms with Gasteiger partial charge in [0.1, 0.15) is 40.4 Å². The quantitative estimate of drug-likeness (QED) is 0.828. The van der Waals surface area contributed by atoms with Gasteiger partial charge in [0, 0.05) is 23.8 Å². The van der Waals surface area contributed by atoms with E-state index in [1.54, 1.807) is 39.5 Å². The van der Waals surface area contributed by atoms with Crippen molar-refractivity contribution in [2.75, 3.05) is 28.4 Å². The molecule has 3 rings (SSSR count). The fraction of sp³-hybridized carbons (Fsp3) is 0.316. The fourth-order valence-corrected chi connectivity index (χ4v) is 2.94. The maximum absolute atomic E-state index is 12.7. The van der Waals surface area contributed by atoms with E-state index in [1.165, 1.54) is 7.11 Å². The Hall–Kier alpha value is -2.89. The minimum Gasteiger partial charge on any atom is -0.497 e. The van der Waals surface area contributed by atoms with Gasteiger partial charge in [-0.05, 0) is 12.1 Å². The molecule has 0 fully saturated rings. The van der Waals surface area contributed by atoms with E-state index in [1.807, 2.05) is 12.1 Å². The van der Waals surface area contributed by atoms with Crippen molar-refractivity contribution < 1.29 is 28.5 Å². The molecule has 6 nitrogen and oxygen atoms in total. The summed E-state index contributed by atoms with van der Waals surface area (Å²) in [5.41, 5.74) is 1.22. The first kappa shape index (κ1) is 17.0. The highest BCUT2D eigenvalue weighted by Crippen LogP contribution is 2.44. The second kappa shape index (κ2) is 6.93. The van der Waals surface area contributed by atoms with Gasteiger partial charge < -0.3 is 23.7 Å². The van der Waals surface area contributed by atoms with Gasteiger partial charge in [0.25, 0.3) is 0 Å². The summed E-state index contributed by atoms with van der Waals surface area (Å²) in [7, 11) is 6.23. The Labute approximate surface area is 146 Å². The highest BCUT2D eigenvalue weighted by atomic mass is 16.5. The first-order chi connectivity index (χ1) is 12.1. The molecule has 0 radical (unpaired) electrons. The molecule has 0 unspecified atom stereocenters. The zero-order valence-corrected chi connectivity index (χ0v) is 14.6. The van der Waals surface area contributed by atoms with Gasteiger partial charge in [-0.25, -0.2) is 0 Å². The molecule has 0 aliphatic carbocycles. The average Bonchev–Trinajstić information content (AvgIpc) is 2.65. The first-order valence-corrected chi connectivity index (χ1v) is 7.79. The molecule has 0 saturated heterocycles. The Balaban J connectivity index is 2.03. The third kappa shape index (κ3) is 3.07. The lowest BCUT2D eigenvalue weighted by atomic mass is 9.95. The summed E-state index contributed by atoms with van der Waals surface area (Å²) in [6, 6.07) is 8.79. The van der Waals surface area contributed by atoms with Crippen molar-refractivity contribution >= 4 is 5.78 Å². The van der Waals surface area contributed by atoms with Crippen LogP contribution in [0.1, 0.15) is 28.4 Å². The summed E-state index contributed by atoms with van der Waals surface area (Å²) in [4.78, 5) is 12.7. The maximum Gasteiger partial charge on any atom is 0.174 e. The number of Topliss-reactive ketones (excluding diaryl/α,β-unsaturated/α-hetero) is 1. The predicted molar refractivity (Wildman–Crippen MR) is 91.4 cm³/mol. The number of hydrogen-bond acceptors (Lipinski definition) is 6. The molecule has 2 aromatic rings. The number of ketones is 1. The van der Waals surface area contributed by atoms with Crippen LogP contribution in [0, 0.1) is 0 Å². The van der Waals surface area contributed by atoms with Crippen molar-refractivity contribution in [2.24, 2.45) is 0 Å². The number of methoxy groups -OCH3 is 4. The predicted octanol–water partition coefficient (Wildman–Crippen LogP) is 3.43. The SMILES string of the molecule is COc1ccc([C@@H]2CC(=O)c3c(OC)cc(OC)cc3O2)c(OC)c1. The zero-order valence-electron chi connectivity index (χ0n) is 14.6. The number of rotatable bonds is 5. The zero-order chi connectivity index (χ0) is 18.0. The van der Waals surface area contributed by atoms with Gasteiger partial charge >= 0.3 is 0 Å². The molecule has 1 aliphatic heterocycles. The molecule has 0 saturated carbocycles. The Kier molecular flexibility index (Phi) is 4.70. The average molecular weight is 344 g/mol. The van der Waals surface area contributed by atoms with Crippen molar-refractivity contribution in [1.82, 2.24) is 0 Å². The van der Waals surface area contributed by atoms with Crippen LogP contribution in [0.5, 0.6) is 28.7 Å². The first-order valence-electron chi connectivity index (χ1n) is 7.79. The molecule has 0 spiro atoms. The van der Waals surface area contributed by atoms with E-state index in [-0.39, 0.29) is 12.2 Å². The van der Waals surface area contributed by atoms with E-state index in [0.29, 0.717) is 34.3 Å². The molecular formula is C19H20O6.